The molecule has 2 unspecified atom stereocenters. The van der Waals surface area contributed by atoms with E-state index >= 15 is 0 Å². The highest BCUT2D eigenvalue weighted by Gasteiger charge is 2.27. The summed E-state index contributed by atoms with van der Waals surface area (Å²) >= 11 is 0. The zero-order valence-electron chi connectivity index (χ0n) is 12.5. The molecule has 1 amide bonds. The Morgan fingerprint density at radius 1 is 1.52 bits per heavy atom. The summed E-state index contributed by atoms with van der Waals surface area (Å²) in [6, 6.07) is 9.10. The van der Waals surface area contributed by atoms with Crippen LogP contribution in [0, 0.1) is 17.2 Å². The molecular weight excluding hydrogens is 266 g/mol. The Bertz CT molecular complexity index is 539. The van der Waals surface area contributed by atoms with Crippen LogP contribution in [-0.2, 0) is 9.53 Å². The van der Waals surface area contributed by atoms with Crippen molar-refractivity contribution in [2.45, 2.75) is 19.4 Å². The van der Waals surface area contributed by atoms with Gasteiger partial charge >= 0.3 is 0 Å². The lowest BCUT2D eigenvalue weighted by Crippen LogP contribution is -2.46. The number of ether oxygens (including phenoxy) is 1. The quantitative estimate of drug-likeness (QED) is 0.918. The van der Waals surface area contributed by atoms with Crippen molar-refractivity contribution in [3.8, 4) is 6.07 Å². The van der Waals surface area contributed by atoms with Crippen LogP contribution in [-0.4, -0.2) is 43.7 Å². The van der Waals surface area contributed by atoms with Gasteiger partial charge in [0.15, 0.2) is 0 Å². The molecular formula is C16H21N3O2. The van der Waals surface area contributed by atoms with Gasteiger partial charge in [0, 0.05) is 13.7 Å². The molecule has 1 fully saturated rings. The first-order chi connectivity index (χ1) is 10.1. The second-order valence-electron chi connectivity index (χ2n) is 5.48. The van der Waals surface area contributed by atoms with Gasteiger partial charge in [0.05, 0.1) is 23.9 Å². The van der Waals surface area contributed by atoms with Crippen molar-refractivity contribution in [2.75, 3.05) is 32.1 Å². The first-order valence-electron chi connectivity index (χ1n) is 7.18. The summed E-state index contributed by atoms with van der Waals surface area (Å²) in [6.07, 6.45) is 1.21. The van der Waals surface area contributed by atoms with E-state index in [0.717, 1.165) is 19.5 Å². The Balaban J connectivity index is 1.92. The van der Waals surface area contributed by atoms with Crippen LogP contribution in [0.25, 0.3) is 0 Å². The summed E-state index contributed by atoms with van der Waals surface area (Å²) < 4.78 is 5.45. The molecule has 1 aliphatic heterocycles. The largest absolute Gasteiger partial charge is 0.380 e. The predicted molar refractivity (Wildman–Crippen MR) is 80.8 cm³/mol. The first-order valence-corrected chi connectivity index (χ1v) is 7.18. The third-order valence-corrected chi connectivity index (χ3v) is 3.97. The number of nitrogens with one attached hydrogen (secondary N) is 1. The standard InChI is InChI=1S/C16H21N3O2/c1-12-7-8-19(10-15(12)21-2)11-16(20)18-14-6-4-3-5-13(14)9-17/h3-6,12,15H,7-8,10-11H2,1-2H3,(H,18,20). The summed E-state index contributed by atoms with van der Waals surface area (Å²) in [7, 11) is 1.72. The molecule has 21 heavy (non-hydrogen) atoms. The summed E-state index contributed by atoms with van der Waals surface area (Å²) in [5.41, 5.74) is 1.05. The van der Waals surface area contributed by atoms with Crippen molar-refractivity contribution in [1.29, 1.82) is 5.26 Å². The van der Waals surface area contributed by atoms with Gasteiger partial charge in [-0.2, -0.15) is 5.26 Å². The summed E-state index contributed by atoms with van der Waals surface area (Å²) in [5.74, 6) is 0.427. The van der Waals surface area contributed by atoms with E-state index in [2.05, 4.69) is 23.2 Å². The zero-order chi connectivity index (χ0) is 15.2. The fourth-order valence-electron chi connectivity index (χ4n) is 2.63. The second kappa shape index (κ2) is 7.21. The number of amides is 1. The van der Waals surface area contributed by atoms with Crippen molar-refractivity contribution >= 4 is 11.6 Å². The van der Waals surface area contributed by atoms with Gasteiger partial charge in [-0.05, 0) is 31.0 Å². The summed E-state index contributed by atoms with van der Waals surface area (Å²) in [4.78, 5) is 14.2. The summed E-state index contributed by atoms with van der Waals surface area (Å²) in [6.45, 7) is 4.17. The van der Waals surface area contributed by atoms with Crippen LogP contribution in [0.5, 0.6) is 0 Å². The molecule has 0 bridgehead atoms. The maximum Gasteiger partial charge on any atom is 0.238 e. The number of piperidine rings is 1. The minimum absolute atomic E-state index is 0.0953. The number of nitrogens with zero attached hydrogens (tertiary/aromatic N) is 2. The van der Waals surface area contributed by atoms with Gasteiger partial charge in [0.25, 0.3) is 0 Å². The van der Waals surface area contributed by atoms with Gasteiger partial charge in [-0.3, -0.25) is 9.69 Å². The molecule has 0 aliphatic carbocycles. The first kappa shape index (κ1) is 15.5. The van der Waals surface area contributed by atoms with Crippen LogP contribution in [0.15, 0.2) is 24.3 Å². The van der Waals surface area contributed by atoms with Gasteiger partial charge in [-0.25, -0.2) is 0 Å². The maximum atomic E-state index is 12.1. The topological polar surface area (TPSA) is 65.4 Å². The van der Waals surface area contributed by atoms with Crippen molar-refractivity contribution in [1.82, 2.24) is 4.90 Å². The smallest absolute Gasteiger partial charge is 0.238 e. The Morgan fingerprint density at radius 3 is 3.00 bits per heavy atom. The van der Waals surface area contributed by atoms with Crippen molar-refractivity contribution in [2.24, 2.45) is 5.92 Å². The van der Waals surface area contributed by atoms with Crippen molar-refractivity contribution < 1.29 is 9.53 Å². The lowest BCUT2D eigenvalue weighted by molar-refractivity contribution is -0.118. The van der Waals surface area contributed by atoms with Crippen LogP contribution in [0.1, 0.15) is 18.9 Å². The van der Waals surface area contributed by atoms with Crippen LogP contribution in [0.4, 0.5) is 5.69 Å². The number of carbonyl (C=O) groups excluding carboxylic acids is 1. The molecule has 5 heteroatoms. The number of rotatable bonds is 4. The van der Waals surface area contributed by atoms with E-state index in [1.54, 1.807) is 31.4 Å². The Morgan fingerprint density at radius 2 is 2.29 bits per heavy atom. The normalized spacial score (nSPS) is 22.5. The van der Waals surface area contributed by atoms with Gasteiger partial charge < -0.3 is 10.1 Å². The van der Waals surface area contributed by atoms with E-state index in [0.29, 0.717) is 23.7 Å². The van der Waals surface area contributed by atoms with E-state index in [1.807, 2.05) is 0 Å². The predicted octanol–water partition coefficient (Wildman–Crippen LogP) is 1.85. The third-order valence-electron chi connectivity index (χ3n) is 3.97. The average molecular weight is 287 g/mol. The number of likely N-dealkylation sites (tertiary alicyclic amines) is 1. The molecule has 1 aromatic carbocycles. The third kappa shape index (κ3) is 4.03. The number of para-hydroxylation sites is 1. The number of nitriles is 1. The highest BCUT2D eigenvalue weighted by atomic mass is 16.5. The molecule has 0 spiro atoms. The molecule has 1 heterocycles. The number of methoxy groups -OCH3 is 1. The minimum atomic E-state index is -0.0953. The van der Waals surface area contributed by atoms with E-state index in [-0.39, 0.29) is 12.0 Å². The van der Waals surface area contributed by atoms with Crippen LogP contribution in [0.3, 0.4) is 0 Å². The van der Waals surface area contributed by atoms with E-state index in [4.69, 9.17) is 10.00 Å². The maximum absolute atomic E-state index is 12.1. The van der Waals surface area contributed by atoms with Crippen LogP contribution in [0.2, 0.25) is 0 Å². The lowest BCUT2D eigenvalue weighted by Gasteiger charge is -2.35. The van der Waals surface area contributed by atoms with E-state index in [9.17, 15) is 4.79 Å². The lowest BCUT2D eigenvalue weighted by atomic mass is 9.96. The summed E-state index contributed by atoms with van der Waals surface area (Å²) in [5, 5.41) is 11.8. The SMILES string of the molecule is COC1CN(CC(=O)Nc2ccccc2C#N)CCC1C. The van der Waals surface area contributed by atoms with Crippen LogP contribution < -0.4 is 5.32 Å². The van der Waals surface area contributed by atoms with Gasteiger partial charge in [-0.1, -0.05) is 19.1 Å². The number of benzene rings is 1. The molecule has 1 saturated heterocycles. The second-order valence-corrected chi connectivity index (χ2v) is 5.48. The minimum Gasteiger partial charge on any atom is -0.380 e. The fourth-order valence-corrected chi connectivity index (χ4v) is 2.63. The average Bonchev–Trinajstić information content (AvgIpc) is 2.49. The molecule has 0 aromatic heterocycles. The van der Waals surface area contributed by atoms with Crippen LogP contribution >= 0.6 is 0 Å². The van der Waals surface area contributed by atoms with E-state index < -0.39 is 0 Å². The molecule has 5 nitrogen and oxygen atoms in total. The molecule has 1 aliphatic rings. The highest BCUT2D eigenvalue weighted by molar-refractivity contribution is 5.93. The molecule has 0 radical (unpaired) electrons. The Kier molecular flexibility index (Phi) is 5.32. The number of anilines is 1. The fraction of sp³-hybridized carbons (Fsp3) is 0.500. The van der Waals surface area contributed by atoms with Gasteiger partial charge in [-0.15, -0.1) is 0 Å². The molecule has 1 N–H and O–H groups in total. The van der Waals surface area contributed by atoms with Gasteiger partial charge in [0.1, 0.15) is 6.07 Å². The van der Waals surface area contributed by atoms with Gasteiger partial charge in [0.2, 0.25) is 5.91 Å². The van der Waals surface area contributed by atoms with Crippen molar-refractivity contribution in [3.63, 3.8) is 0 Å². The molecule has 2 rings (SSSR count). The monoisotopic (exact) mass is 287 g/mol. The zero-order valence-corrected chi connectivity index (χ0v) is 12.5. The number of hydrogen-bond acceptors (Lipinski definition) is 4. The number of carbonyl (C=O) groups is 1. The highest BCUT2D eigenvalue weighted by Crippen LogP contribution is 2.19. The molecule has 112 valence electrons. The number of hydrogen-bond donors (Lipinski definition) is 1. The molecule has 2 atom stereocenters. The Labute approximate surface area is 125 Å². The Hall–Kier alpha value is -1.90. The molecule has 1 aromatic rings. The van der Waals surface area contributed by atoms with Crippen molar-refractivity contribution in [3.05, 3.63) is 29.8 Å². The van der Waals surface area contributed by atoms with E-state index in [1.165, 1.54) is 0 Å². The molecule has 0 saturated carbocycles.